The second kappa shape index (κ2) is 6.98. The predicted molar refractivity (Wildman–Crippen MR) is 88.1 cm³/mol. The minimum atomic E-state index is -0.498. The molecule has 1 aromatic heterocycles. The van der Waals surface area contributed by atoms with E-state index in [1.165, 1.54) is 0 Å². The van der Waals surface area contributed by atoms with Crippen molar-refractivity contribution in [3.05, 3.63) is 23.9 Å². The summed E-state index contributed by atoms with van der Waals surface area (Å²) in [6.45, 7) is 8.56. The second-order valence-corrected chi connectivity index (χ2v) is 6.95. The Balaban J connectivity index is 1.83. The third kappa shape index (κ3) is 5.23. The molecule has 2 rings (SSSR count). The van der Waals surface area contributed by atoms with Gasteiger partial charge >= 0.3 is 6.09 Å². The summed E-state index contributed by atoms with van der Waals surface area (Å²) in [7, 11) is 0. The Hall–Kier alpha value is -2.11. The first-order valence-corrected chi connectivity index (χ1v) is 7.96. The molecule has 1 aliphatic rings. The highest BCUT2D eigenvalue weighted by Crippen LogP contribution is 2.21. The molecular formula is C17H25N3O3. The number of aryl methyl sites for hydroxylation is 1. The van der Waals surface area contributed by atoms with Crippen LogP contribution in [-0.2, 0) is 9.53 Å². The van der Waals surface area contributed by atoms with E-state index >= 15 is 0 Å². The number of hydrogen-bond donors (Lipinski definition) is 1. The van der Waals surface area contributed by atoms with E-state index in [9.17, 15) is 9.59 Å². The molecule has 0 aromatic carbocycles. The summed E-state index contributed by atoms with van der Waals surface area (Å²) in [4.78, 5) is 30.1. The minimum Gasteiger partial charge on any atom is -0.444 e. The Labute approximate surface area is 137 Å². The summed E-state index contributed by atoms with van der Waals surface area (Å²) < 4.78 is 5.36. The second-order valence-electron chi connectivity index (χ2n) is 6.95. The maximum Gasteiger partial charge on any atom is 0.410 e. The average Bonchev–Trinajstić information content (AvgIpc) is 2.48. The van der Waals surface area contributed by atoms with Crippen molar-refractivity contribution >= 4 is 17.8 Å². The van der Waals surface area contributed by atoms with Gasteiger partial charge in [-0.15, -0.1) is 0 Å². The monoisotopic (exact) mass is 319 g/mol. The van der Waals surface area contributed by atoms with Crippen LogP contribution in [0.4, 0.5) is 10.6 Å². The molecule has 1 aromatic rings. The molecule has 2 amide bonds. The van der Waals surface area contributed by atoms with Crippen molar-refractivity contribution < 1.29 is 14.3 Å². The van der Waals surface area contributed by atoms with Crippen LogP contribution in [-0.4, -0.2) is 40.6 Å². The molecular weight excluding hydrogens is 294 g/mol. The molecule has 0 atom stereocenters. The lowest BCUT2D eigenvalue weighted by molar-refractivity contribution is -0.121. The summed E-state index contributed by atoms with van der Waals surface area (Å²) in [6.07, 6.45) is 2.69. The van der Waals surface area contributed by atoms with E-state index in [4.69, 9.17) is 4.74 Å². The van der Waals surface area contributed by atoms with Crippen LogP contribution >= 0.6 is 0 Å². The number of ether oxygens (including phenoxy) is 1. The van der Waals surface area contributed by atoms with Gasteiger partial charge in [-0.2, -0.15) is 0 Å². The Morgan fingerprint density at radius 1 is 1.26 bits per heavy atom. The topological polar surface area (TPSA) is 71.5 Å². The van der Waals surface area contributed by atoms with Gasteiger partial charge in [0.15, 0.2) is 0 Å². The Morgan fingerprint density at radius 3 is 2.43 bits per heavy atom. The standard InChI is InChI=1S/C17H25N3O3/c1-12-5-6-14(18-11-12)19-15(21)13-7-9-20(10-8-13)16(22)23-17(2,3)4/h5-6,11,13H,7-10H2,1-4H3,(H,18,19,21). The van der Waals surface area contributed by atoms with Crippen LogP contribution in [0.1, 0.15) is 39.2 Å². The summed E-state index contributed by atoms with van der Waals surface area (Å²) >= 11 is 0. The third-order valence-corrected chi connectivity index (χ3v) is 3.68. The Kier molecular flexibility index (Phi) is 5.23. The molecule has 6 nitrogen and oxygen atoms in total. The van der Waals surface area contributed by atoms with Gasteiger partial charge < -0.3 is 15.0 Å². The average molecular weight is 319 g/mol. The molecule has 0 saturated carbocycles. The van der Waals surface area contributed by atoms with Gasteiger partial charge in [0.2, 0.25) is 5.91 Å². The van der Waals surface area contributed by atoms with Gasteiger partial charge in [-0.05, 0) is 52.2 Å². The summed E-state index contributed by atoms with van der Waals surface area (Å²) in [5, 5.41) is 2.84. The summed E-state index contributed by atoms with van der Waals surface area (Å²) in [5.41, 5.74) is 0.552. The van der Waals surface area contributed by atoms with Crippen molar-refractivity contribution in [2.75, 3.05) is 18.4 Å². The van der Waals surface area contributed by atoms with Crippen LogP contribution in [0.25, 0.3) is 0 Å². The molecule has 6 heteroatoms. The van der Waals surface area contributed by atoms with E-state index in [0.29, 0.717) is 31.7 Å². The molecule has 1 aliphatic heterocycles. The normalized spacial score (nSPS) is 16.1. The molecule has 1 saturated heterocycles. The van der Waals surface area contributed by atoms with Crippen molar-refractivity contribution in [1.82, 2.24) is 9.88 Å². The van der Waals surface area contributed by atoms with E-state index in [1.54, 1.807) is 17.2 Å². The summed E-state index contributed by atoms with van der Waals surface area (Å²) in [6, 6.07) is 3.71. The van der Waals surface area contributed by atoms with Crippen molar-refractivity contribution in [3.8, 4) is 0 Å². The van der Waals surface area contributed by atoms with E-state index < -0.39 is 5.60 Å². The van der Waals surface area contributed by atoms with Gasteiger partial charge in [0.05, 0.1) is 0 Å². The van der Waals surface area contributed by atoms with Gasteiger partial charge in [0.1, 0.15) is 11.4 Å². The lowest BCUT2D eigenvalue weighted by Gasteiger charge is -2.32. The number of hydrogen-bond acceptors (Lipinski definition) is 4. The van der Waals surface area contributed by atoms with E-state index in [2.05, 4.69) is 10.3 Å². The van der Waals surface area contributed by atoms with Crippen LogP contribution < -0.4 is 5.32 Å². The largest absolute Gasteiger partial charge is 0.444 e. The Bertz CT molecular complexity index is 555. The predicted octanol–water partition coefficient (Wildman–Crippen LogP) is 2.98. The highest BCUT2D eigenvalue weighted by molar-refractivity contribution is 5.91. The zero-order valence-corrected chi connectivity index (χ0v) is 14.3. The van der Waals surface area contributed by atoms with E-state index in [-0.39, 0.29) is 17.9 Å². The number of carbonyl (C=O) groups excluding carboxylic acids is 2. The highest BCUT2D eigenvalue weighted by atomic mass is 16.6. The van der Waals surface area contributed by atoms with E-state index in [0.717, 1.165) is 5.56 Å². The highest BCUT2D eigenvalue weighted by Gasteiger charge is 2.29. The zero-order chi connectivity index (χ0) is 17.0. The lowest BCUT2D eigenvalue weighted by Crippen LogP contribution is -2.43. The molecule has 0 aliphatic carbocycles. The third-order valence-electron chi connectivity index (χ3n) is 3.68. The number of rotatable bonds is 2. The molecule has 0 spiro atoms. The van der Waals surface area contributed by atoms with Crippen molar-refractivity contribution in [1.29, 1.82) is 0 Å². The number of amides is 2. The van der Waals surface area contributed by atoms with Gasteiger partial charge in [0, 0.05) is 25.2 Å². The van der Waals surface area contributed by atoms with Crippen molar-refractivity contribution in [3.63, 3.8) is 0 Å². The first kappa shape index (κ1) is 17.2. The molecule has 0 unspecified atom stereocenters. The fraction of sp³-hybridized carbons (Fsp3) is 0.588. The molecule has 0 radical (unpaired) electrons. The molecule has 0 bridgehead atoms. The van der Waals surface area contributed by atoms with Gasteiger partial charge in [-0.25, -0.2) is 9.78 Å². The first-order chi connectivity index (χ1) is 10.7. The summed E-state index contributed by atoms with van der Waals surface area (Å²) in [5.74, 6) is 0.428. The lowest BCUT2D eigenvalue weighted by atomic mass is 9.96. The fourth-order valence-electron chi connectivity index (χ4n) is 2.42. The van der Waals surface area contributed by atoms with Crippen molar-refractivity contribution in [2.24, 2.45) is 5.92 Å². The SMILES string of the molecule is Cc1ccc(NC(=O)C2CCN(C(=O)OC(C)(C)C)CC2)nc1. The maximum absolute atomic E-state index is 12.3. The molecule has 23 heavy (non-hydrogen) atoms. The molecule has 126 valence electrons. The maximum atomic E-state index is 12.3. The minimum absolute atomic E-state index is 0.0369. The number of nitrogens with zero attached hydrogens (tertiary/aromatic N) is 2. The van der Waals surface area contributed by atoms with Crippen LogP contribution in [0.5, 0.6) is 0 Å². The van der Waals surface area contributed by atoms with Gasteiger partial charge in [0.25, 0.3) is 0 Å². The van der Waals surface area contributed by atoms with Crippen LogP contribution in [0.2, 0.25) is 0 Å². The molecule has 1 N–H and O–H groups in total. The number of carbonyl (C=O) groups is 2. The number of anilines is 1. The van der Waals surface area contributed by atoms with E-state index in [1.807, 2.05) is 33.8 Å². The van der Waals surface area contributed by atoms with Crippen LogP contribution in [0, 0.1) is 12.8 Å². The molecule has 1 fully saturated rings. The molecule has 2 heterocycles. The smallest absolute Gasteiger partial charge is 0.410 e. The van der Waals surface area contributed by atoms with Gasteiger partial charge in [-0.1, -0.05) is 6.07 Å². The fourth-order valence-corrected chi connectivity index (χ4v) is 2.42. The van der Waals surface area contributed by atoms with Crippen molar-refractivity contribution in [2.45, 2.75) is 46.1 Å². The number of likely N-dealkylation sites (tertiary alicyclic amines) is 1. The Morgan fingerprint density at radius 2 is 1.91 bits per heavy atom. The number of pyridine rings is 1. The number of nitrogens with one attached hydrogen (secondary N) is 1. The van der Waals surface area contributed by atoms with Crippen LogP contribution in [0.3, 0.4) is 0 Å². The number of piperidine rings is 1. The quantitative estimate of drug-likeness (QED) is 0.909. The van der Waals surface area contributed by atoms with Gasteiger partial charge in [-0.3, -0.25) is 4.79 Å². The number of aromatic nitrogens is 1. The zero-order valence-electron chi connectivity index (χ0n) is 14.3. The first-order valence-electron chi connectivity index (χ1n) is 7.96. The van der Waals surface area contributed by atoms with Crippen LogP contribution in [0.15, 0.2) is 18.3 Å².